The lowest BCUT2D eigenvalue weighted by Gasteiger charge is -2.26. The molecule has 0 heterocycles. The largest absolute Gasteiger partial charge is 0.302 e. The molecular weight excluding hydrogens is 124 g/mol. The summed E-state index contributed by atoms with van der Waals surface area (Å²) in [6, 6.07) is 0. The van der Waals surface area contributed by atoms with E-state index in [1.807, 2.05) is 25.2 Å². The summed E-state index contributed by atoms with van der Waals surface area (Å²) < 4.78 is 0. The molecule has 0 aromatic carbocycles. The van der Waals surface area contributed by atoms with Crippen molar-refractivity contribution in [1.82, 2.24) is 0 Å². The zero-order valence-corrected chi connectivity index (χ0v) is 6.37. The number of hydrogen-bond donors (Lipinski definition) is 0. The molecule has 0 fully saturated rings. The molecule has 0 saturated carbocycles. The van der Waals surface area contributed by atoms with E-state index in [0.29, 0.717) is 5.92 Å². The van der Waals surface area contributed by atoms with E-state index in [-0.39, 0.29) is 5.41 Å². The SMILES string of the molecule is CC1C=CC=CC1(C)C=O. The molecule has 0 spiro atoms. The first-order valence-corrected chi connectivity index (χ1v) is 3.51. The van der Waals surface area contributed by atoms with Gasteiger partial charge in [0.05, 0.1) is 0 Å². The topological polar surface area (TPSA) is 17.1 Å². The highest BCUT2D eigenvalue weighted by Crippen LogP contribution is 2.29. The van der Waals surface area contributed by atoms with Gasteiger partial charge >= 0.3 is 0 Å². The number of carbonyl (C=O) groups is 1. The van der Waals surface area contributed by atoms with Gasteiger partial charge in [-0.3, -0.25) is 0 Å². The predicted molar refractivity (Wildman–Crippen MR) is 41.6 cm³/mol. The molecule has 0 amide bonds. The Balaban J connectivity index is 2.87. The average molecular weight is 136 g/mol. The molecule has 1 nitrogen and oxygen atoms in total. The summed E-state index contributed by atoms with van der Waals surface area (Å²) >= 11 is 0. The van der Waals surface area contributed by atoms with Crippen molar-refractivity contribution in [2.24, 2.45) is 11.3 Å². The van der Waals surface area contributed by atoms with Gasteiger partial charge in [-0.1, -0.05) is 31.2 Å². The maximum Gasteiger partial charge on any atom is 0.130 e. The van der Waals surface area contributed by atoms with Crippen LogP contribution in [0.15, 0.2) is 24.3 Å². The third kappa shape index (κ3) is 1.04. The van der Waals surface area contributed by atoms with Crippen LogP contribution in [-0.4, -0.2) is 6.29 Å². The quantitative estimate of drug-likeness (QED) is 0.503. The van der Waals surface area contributed by atoms with E-state index >= 15 is 0 Å². The lowest BCUT2D eigenvalue weighted by molar-refractivity contribution is -0.114. The molecular formula is C9H12O. The van der Waals surface area contributed by atoms with Gasteiger partial charge in [0.2, 0.25) is 0 Å². The molecule has 2 unspecified atom stereocenters. The van der Waals surface area contributed by atoms with Crippen LogP contribution in [0.3, 0.4) is 0 Å². The first-order chi connectivity index (χ1) is 4.69. The van der Waals surface area contributed by atoms with E-state index in [1.54, 1.807) is 0 Å². The highest BCUT2D eigenvalue weighted by Gasteiger charge is 2.26. The lowest BCUT2D eigenvalue weighted by Crippen LogP contribution is -2.24. The minimum Gasteiger partial charge on any atom is -0.302 e. The van der Waals surface area contributed by atoms with Gasteiger partial charge < -0.3 is 4.79 Å². The second-order valence-corrected chi connectivity index (χ2v) is 3.02. The molecule has 1 aliphatic rings. The molecule has 0 aromatic heterocycles. The molecule has 0 aliphatic heterocycles. The minimum atomic E-state index is -0.269. The van der Waals surface area contributed by atoms with Gasteiger partial charge in [0.25, 0.3) is 0 Å². The first kappa shape index (κ1) is 7.26. The van der Waals surface area contributed by atoms with Crippen molar-refractivity contribution in [3.63, 3.8) is 0 Å². The second-order valence-electron chi connectivity index (χ2n) is 3.02. The molecule has 0 radical (unpaired) electrons. The Hall–Kier alpha value is -0.850. The molecule has 2 atom stereocenters. The highest BCUT2D eigenvalue weighted by atomic mass is 16.1. The van der Waals surface area contributed by atoms with Gasteiger partial charge in [0, 0.05) is 5.41 Å². The number of aldehydes is 1. The summed E-state index contributed by atoms with van der Waals surface area (Å²) in [6.45, 7) is 4.00. The molecule has 54 valence electrons. The van der Waals surface area contributed by atoms with Crippen LogP contribution >= 0.6 is 0 Å². The maximum atomic E-state index is 10.6. The van der Waals surface area contributed by atoms with Gasteiger partial charge in [-0.2, -0.15) is 0 Å². The van der Waals surface area contributed by atoms with Crippen molar-refractivity contribution >= 4 is 6.29 Å². The Morgan fingerprint density at radius 3 is 2.60 bits per heavy atom. The molecule has 1 heteroatoms. The third-order valence-corrected chi connectivity index (χ3v) is 2.20. The van der Waals surface area contributed by atoms with E-state index in [1.165, 1.54) is 0 Å². The van der Waals surface area contributed by atoms with Crippen LogP contribution in [0.1, 0.15) is 13.8 Å². The zero-order chi connectivity index (χ0) is 7.61. The molecule has 10 heavy (non-hydrogen) atoms. The number of carbonyl (C=O) groups excluding carboxylic acids is 1. The fourth-order valence-corrected chi connectivity index (χ4v) is 0.999. The van der Waals surface area contributed by atoms with Crippen LogP contribution in [0.25, 0.3) is 0 Å². The standard InChI is InChI=1S/C9H12O/c1-8-5-3-4-6-9(8,2)7-10/h3-8H,1-2H3. The molecule has 0 aromatic rings. The molecule has 1 rings (SSSR count). The van der Waals surface area contributed by atoms with Crippen molar-refractivity contribution in [2.75, 3.05) is 0 Å². The van der Waals surface area contributed by atoms with Crippen molar-refractivity contribution in [3.8, 4) is 0 Å². The highest BCUT2D eigenvalue weighted by molar-refractivity contribution is 5.64. The van der Waals surface area contributed by atoms with Crippen molar-refractivity contribution in [2.45, 2.75) is 13.8 Å². The summed E-state index contributed by atoms with van der Waals surface area (Å²) in [6.07, 6.45) is 8.92. The van der Waals surface area contributed by atoms with Crippen molar-refractivity contribution in [3.05, 3.63) is 24.3 Å². The summed E-state index contributed by atoms with van der Waals surface area (Å²) in [7, 11) is 0. The molecule has 0 saturated heterocycles. The Bertz CT molecular complexity index is 191. The van der Waals surface area contributed by atoms with Crippen molar-refractivity contribution in [1.29, 1.82) is 0 Å². The zero-order valence-electron chi connectivity index (χ0n) is 6.37. The predicted octanol–water partition coefficient (Wildman–Crippen LogP) is 1.95. The van der Waals surface area contributed by atoms with Crippen LogP contribution in [0, 0.1) is 11.3 Å². The summed E-state index contributed by atoms with van der Waals surface area (Å²) in [5, 5.41) is 0. The van der Waals surface area contributed by atoms with Gasteiger partial charge in [-0.05, 0) is 12.8 Å². The summed E-state index contributed by atoms with van der Waals surface area (Å²) in [5.41, 5.74) is -0.269. The van der Waals surface area contributed by atoms with E-state index in [2.05, 4.69) is 13.0 Å². The lowest BCUT2D eigenvalue weighted by atomic mass is 9.77. The Morgan fingerprint density at radius 2 is 2.20 bits per heavy atom. The smallest absolute Gasteiger partial charge is 0.130 e. The number of hydrogen-bond acceptors (Lipinski definition) is 1. The van der Waals surface area contributed by atoms with Gasteiger partial charge in [0.1, 0.15) is 6.29 Å². The van der Waals surface area contributed by atoms with E-state index in [0.717, 1.165) is 6.29 Å². The fraction of sp³-hybridized carbons (Fsp3) is 0.444. The minimum absolute atomic E-state index is 0.269. The van der Waals surface area contributed by atoms with E-state index in [4.69, 9.17) is 0 Å². The maximum absolute atomic E-state index is 10.6. The van der Waals surface area contributed by atoms with Gasteiger partial charge in [-0.25, -0.2) is 0 Å². The third-order valence-electron chi connectivity index (χ3n) is 2.20. The summed E-state index contributed by atoms with van der Waals surface area (Å²) in [5.74, 6) is 0.329. The Kier molecular flexibility index (Phi) is 1.75. The van der Waals surface area contributed by atoms with Gasteiger partial charge in [0.15, 0.2) is 0 Å². The van der Waals surface area contributed by atoms with E-state index < -0.39 is 0 Å². The second kappa shape index (κ2) is 2.41. The van der Waals surface area contributed by atoms with Crippen LogP contribution in [0.5, 0.6) is 0 Å². The van der Waals surface area contributed by atoms with Crippen LogP contribution in [0.4, 0.5) is 0 Å². The van der Waals surface area contributed by atoms with Crippen LogP contribution in [-0.2, 0) is 4.79 Å². The normalized spacial score (nSPS) is 38.0. The van der Waals surface area contributed by atoms with Crippen LogP contribution in [0.2, 0.25) is 0 Å². The monoisotopic (exact) mass is 136 g/mol. The first-order valence-electron chi connectivity index (χ1n) is 3.51. The van der Waals surface area contributed by atoms with Crippen LogP contribution < -0.4 is 0 Å². The van der Waals surface area contributed by atoms with Gasteiger partial charge in [-0.15, -0.1) is 0 Å². The van der Waals surface area contributed by atoms with E-state index in [9.17, 15) is 4.79 Å². The van der Waals surface area contributed by atoms with Crippen molar-refractivity contribution < 1.29 is 4.79 Å². The summed E-state index contributed by atoms with van der Waals surface area (Å²) in [4.78, 5) is 10.6. The number of rotatable bonds is 1. The molecule has 0 bridgehead atoms. The molecule has 1 aliphatic carbocycles. The number of allylic oxidation sites excluding steroid dienone is 4. The average Bonchev–Trinajstić information content (AvgIpc) is 1.96. The Labute approximate surface area is 61.4 Å². The Morgan fingerprint density at radius 1 is 1.50 bits per heavy atom. The fourth-order valence-electron chi connectivity index (χ4n) is 0.999. The molecule has 0 N–H and O–H groups in total.